The number of hydrogen-bond acceptors (Lipinski definition) is 5. The van der Waals surface area contributed by atoms with Gasteiger partial charge in [-0.2, -0.15) is 0 Å². The van der Waals surface area contributed by atoms with E-state index in [0.29, 0.717) is 31.1 Å². The second-order valence-corrected chi connectivity index (χ2v) is 7.13. The molecule has 2 aliphatic heterocycles. The Balaban J connectivity index is 1.51. The fourth-order valence-corrected chi connectivity index (χ4v) is 3.62. The summed E-state index contributed by atoms with van der Waals surface area (Å²) in [6.07, 6.45) is 5.55. The minimum absolute atomic E-state index is 0.0320. The van der Waals surface area contributed by atoms with Crippen molar-refractivity contribution in [3.63, 3.8) is 0 Å². The molecule has 0 atom stereocenters. The van der Waals surface area contributed by atoms with Crippen LogP contribution < -0.4 is 9.47 Å². The van der Waals surface area contributed by atoms with E-state index in [2.05, 4.69) is 4.90 Å². The highest BCUT2D eigenvalue weighted by atomic mass is 16.5. The summed E-state index contributed by atoms with van der Waals surface area (Å²) in [5.74, 6) is 1.58. The van der Waals surface area contributed by atoms with E-state index in [1.54, 1.807) is 26.4 Å². The predicted octanol–water partition coefficient (Wildman–Crippen LogP) is 1.48. The zero-order valence-electron chi connectivity index (χ0n) is 16.7. The molecule has 7 heteroatoms. The van der Waals surface area contributed by atoms with Gasteiger partial charge in [0.05, 0.1) is 20.8 Å². The first-order valence-electron chi connectivity index (χ1n) is 9.80. The molecule has 28 heavy (non-hydrogen) atoms. The second kappa shape index (κ2) is 9.59. The summed E-state index contributed by atoms with van der Waals surface area (Å²) >= 11 is 0. The van der Waals surface area contributed by atoms with Crippen LogP contribution in [0.3, 0.4) is 0 Å². The first kappa shape index (κ1) is 20.2. The topological polar surface area (TPSA) is 62.3 Å². The molecule has 2 heterocycles. The van der Waals surface area contributed by atoms with Gasteiger partial charge in [-0.25, -0.2) is 0 Å². The van der Waals surface area contributed by atoms with Crippen LogP contribution in [0.1, 0.15) is 18.4 Å². The van der Waals surface area contributed by atoms with E-state index in [0.717, 1.165) is 44.6 Å². The van der Waals surface area contributed by atoms with Gasteiger partial charge in [0.15, 0.2) is 0 Å². The Labute approximate surface area is 166 Å². The lowest BCUT2D eigenvalue weighted by Gasteiger charge is -2.34. The number of carbonyl (C=O) groups is 2. The van der Waals surface area contributed by atoms with Gasteiger partial charge in [0.1, 0.15) is 11.5 Å². The molecule has 7 nitrogen and oxygen atoms in total. The second-order valence-electron chi connectivity index (χ2n) is 7.13. The standard InChI is InChI=1S/C21H29N3O4/c1-27-18-6-7-19(28-2)17(15-18)5-8-20(25)24-13-11-22(12-14-24)16-21(26)23-9-3-4-10-23/h5-8,15H,3-4,9-14,16H2,1-2H3/b8-5+. The van der Waals surface area contributed by atoms with Crippen molar-refractivity contribution in [2.75, 3.05) is 60.0 Å². The molecule has 2 amide bonds. The van der Waals surface area contributed by atoms with E-state index in [1.807, 2.05) is 28.0 Å². The maximum atomic E-state index is 12.5. The third-order valence-electron chi connectivity index (χ3n) is 5.34. The van der Waals surface area contributed by atoms with E-state index in [1.165, 1.54) is 0 Å². The molecule has 0 aromatic heterocycles. The molecule has 0 radical (unpaired) electrons. The quantitative estimate of drug-likeness (QED) is 0.692. The van der Waals surface area contributed by atoms with Crippen LogP contribution in [0.25, 0.3) is 6.08 Å². The summed E-state index contributed by atoms with van der Waals surface area (Å²) in [6.45, 7) is 4.94. The van der Waals surface area contributed by atoms with Gasteiger partial charge in [-0.05, 0) is 37.1 Å². The summed E-state index contributed by atoms with van der Waals surface area (Å²) < 4.78 is 10.6. The Kier molecular flexibility index (Phi) is 6.92. The lowest BCUT2D eigenvalue weighted by molar-refractivity contribution is -0.132. The van der Waals surface area contributed by atoms with Crippen LogP contribution in [0, 0.1) is 0 Å². The highest BCUT2D eigenvalue weighted by Crippen LogP contribution is 2.25. The number of hydrogen-bond donors (Lipinski definition) is 0. The molecule has 0 spiro atoms. The smallest absolute Gasteiger partial charge is 0.246 e. The van der Waals surface area contributed by atoms with Gasteiger partial charge in [-0.15, -0.1) is 0 Å². The van der Waals surface area contributed by atoms with Gasteiger partial charge in [0.2, 0.25) is 11.8 Å². The van der Waals surface area contributed by atoms with Crippen LogP contribution >= 0.6 is 0 Å². The molecule has 0 N–H and O–H groups in total. The molecule has 0 saturated carbocycles. The van der Waals surface area contributed by atoms with Crippen LogP contribution in [-0.2, 0) is 9.59 Å². The molecule has 0 unspecified atom stereocenters. The Bertz CT molecular complexity index is 720. The van der Waals surface area contributed by atoms with Crippen LogP contribution in [-0.4, -0.2) is 86.5 Å². The van der Waals surface area contributed by atoms with Gasteiger partial charge in [-0.1, -0.05) is 0 Å². The van der Waals surface area contributed by atoms with Crippen molar-refractivity contribution in [1.29, 1.82) is 0 Å². The van der Waals surface area contributed by atoms with Crippen LogP contribution in [0.4, 0.5) is 0 Å². The van der Waals surface area contributed by atoms with Crippen LogP contribution in [0.5, 0.6) is 11.5 Å². The van der Waals surface area contributed by atoms with Crippen molar-refractivity contribution >= 4 is 17.9 Å². The average Bonchev–Trinajstić information content (AvgIpc) is 3.27. The van der Waals surface area contributed by atoms with Gasteiger partial charge < -0.3 is 19.3 Å². The molecular formula is C21H29N3O4. The van der Waals surface area contributed by atoms with E-state index in [-0.39, 0.29) is 11.8 Å². The third kappa shape index (κ3) is 5.04. The van der Waals surface area contributed by atoms with E-state index in [4.69, 9.17) is 9.47 Å². The normalized spacial score (nSPS) is 17.9. The molecule has 0 bridgehead atoms. The highest BCUT2D eigenvalue weighted by Gasteiger charge is 2.24. The number of ether oxygens (including phenoxy) is 2. The van der Waals surface area contributed by atoms with Gasteiger partial charge in [0.25, 0.3) is 0 Å². The maximum Gasteiger partial charge on any atom is 0.246 e. The fraction of sp³-hybridized carbons (Fsp3) is 0.524. The fourth-order valence-electron chi connectivity index (χ4n) is 3.62. The lowest BCUT2D eigenvalue weighted by atomic mass is 10.1. The first-order chi connectivity index (χ1) is 13.6. The van der Waals surface area contributed by atoms with Crippen molar-refractivity contribution in [3.8, 4) is 11.5 Å². The summed E-state index contributed by atoms with van der Waals surface area (Å²) in [5.41, 5.74) is 0.796. The zero-order valence-corrected chi connectivity index (χ0v) is 16.7. The van der Waals surface area contributed by atoms with Gasteiger partial charge >= 0.3 is 0 Å². The Morgan fingerprint density at radius 1 is 0.964 bits per heavy atom. The SMILES string of the molecule is COc1ccc(OC)c(/C=C/C(=O)N2CCN(CC(=O)N3CCCC3)CC2)c1. The Morgan fingerprint density at radius 3 is 2.32 bits per heavy atom. The number of carbonyl (C=O) groups excluding carboxylic acids is 2. The maximum absolute atomic E-state index is 12.5. The van der Waals surface area contributed by atoms with Crippen LogP contribution in [0.2, 0.25) is 0 Å². The van der Waals surface area contributed by atoms with Crippen molar-refractivity contribution in [3.05, 3.63) is 29.8 Å². The van der Waals surface area contributed by atoms with E-state index < -0.39 is 0 Å². The molecule has 1 aromatic rings. The molecular weight excluding hydrogens is 358 g/mol. The Morgan fingerprint density at radius 2 is 1.68 bits per heavy atom. The predicted molar refractivity (Wildman–Crippen MR) is 107 cm³/mol. The summed E-state index contributed by atoms with van der Waals surface area (Å²) in [7, 11) is 3.21. The first-order valence-corrected chi connectivity index (χ1v) is 9.80. The summed E-state index contributed by atoms with van der Waals surface area (Å²) in [6, 6.07) is 5.48. The number of nitrogens with zero attached hydrogens (tertiary/aromatic N) is 3. The molecule has 152 valence electrons. The molecule has 3 rings (SSSR count). The average molecular weight is 387 g/mol. The largest absolute Gasteiger partial charge is 0.497 e. The summed E-state index contributed by atoms with van der Waals surface area (Å²) in [4.78, 5) is 30.7. The number of rotatable bonds is 6. The Hall–Kier alpha value is -2.54. The molecule has 1 aromatic carbocycles. The number of piperazine rings is 1. The minimum Gasteiger partial charge on any atom is -0.497 e. The minimum atomic E-state index is -0.0320. The number of methoxy groups -OCH3 is 2. The van der Waals surface area contributed by atoms with Gasteiger partial charge in [0, 0.05) is 50.9 Å². The van der Waals surface area contributed by atoms with Crippen molar-refractivity contribution in [1.82, 2.24) is 14.7 Å². The molecule has 2 aliphatic rings. The number of likely N-dealkylation sites (tertiary alicyclic amines) is 1. The van der Waals surface area contributed by atoms with Crippen molar-refractivity contribution < 1.29 is 19.1 Å². The molecule has 0 aliphatic carbocycles. The highest BCUT2D eigenvalue weighted by molar-refractivity contribution is 5.92. The number of benzene rings is 1. The van der Waals surface area contributed by atoms with Crippen molar-refractivity contribution in [2.45, 2.75) is 12.8 Å². The number of amides is 2. The lowest BCUT2D eigenvalue weighted by Crippen LogP contribution is -2.51. The zero-order chi connectivity index (χ0) is 19.9. The third-order valence-corrected chi connectivity index (χ3v) is 5.34. The monoisotopic (exact) mass is 387 g/mol. The van der Waals surface area contributed by atoms with Crippen molar-refractivity contribution in [2.24, 2.45) is 0 Å². The summed E-state index contributed by atoms with van der Waals surface area (Å²) in [5, 5.41) is 0. The van der Waals surface area contributed by atoms with Crippen LogP contribution in [0.15, 0.2) is 24.3 Å². The molecule has 2 fully saturated rings. The molecule has 2 saturated heterocycles. The van der Waals surface area contributed by atoms with Gasteiger partial charge in [-0.3, -0.25) is 14.5 Å². The van der Waals surface area contributed by atoms with E-state index >= 15 is 0 Å². The van der Waals surface area contributed by atoms with E-state index in [9.17, 15) is 9.59 Å².